The lowest BCUT2D eigenvalue weighted by molar-refractivity contribution is -0.154. The average molecular weight is 443 g/mol. The molecule has 0 spiro atoms. The van der Waals surface area contributed by atoms with Crippen LogP contribution in [0.1, 0.15) is 18.5 Å². The van der Waals surface area contributed by atoms with E-state index in [1.807, 2.05) is 18.2 Å². The van der Waals surface area contributed by atoms with Crippen molar-refractivity contribution in [1.29, 1.82) is 0 Å². The van der Waals surface area contributed by atoms with Gasteiger partial charge in [-0.1, -0.05) is 6.07 Å². The predicted octanol–water partition coefficient (Wildman–Crippen LogP) is 2.10. The molecular weight excluding hydrogens is 417 g/mol. The summed E-state index contributed by atoms with van der Waals surface area (Å²) in [6, 6.07) is 12.0. The molecule has 0 bridgehead atoms. The molecule has 2 aromatic rings. The van der Waals surface area contributed by atoms with Crippen molar-refractivity contribution in [3.05, 3.63) is 53.8 Å². The number of fused-ring (bicyclic) bond motifs is 1. The standard InChI is InChI=1S/C23H26FN3O5/c1-2-30-23(29)22(28)25-14-19(16-3-8-20-21(13-16)32-15-31-20)27-11-9-26(10-12-27)18-6-4-17(24)5-7-18/h3-8,13,19H,2,9-12,14-15H2,1H3,(H,25,28). The Bertz CT molecular complexity index is 961. The van der Waals surface area contributed by atoms with Crippen LogP contribution in [0.2, 0.25) is 0 Å². The third kappa shape index (κ3) is 4.94. The fourth-order valence-corrected chi connectivity index (χ4v) is 3.98. The van der Waals surface area contributed by atoms with Gasteiger partial charge in [0.05, 0.1) is 12.6 Å². The summed E-state index contributed by atoms with van der Waals surface area (Å²) in [6.07, 6.45) is 0. The number of amides is 1. The summed E-state index contributed by atoms with van der Waals surface area (Å²) in [5, 5.41) is 2.70. The number of ether oxygens (including phenoxy) is 3. The van der Waals surface area contributed by atoms with Crippen LogP contribution in [0.15, 0.2) is 42.5 Å². The number of nitrogens with zero attached hydrogens (tertiary/aromatic N) is 2. The first-order valence-electron chi connectivity index (χ1n) is 10.6. The minimum Gasteiger partial charge on any atom is -0.459 e. The van der Waals surface area contributed by atoms with E-state index in [1.54, 1.807) is 19.1 Å². The van der Waals surface area contributed by atoms with Gasteiger partial charge in [-0.15, -0.1) is 0 Å². The fraction of sp³-hybridized carbons (Fsp3) is 0.391. The van der Waals surface area contributed by atoms with Gasteiger partial charge in [-0.25, -0.2) is 9.18 Å². The Labute approximate surface area is 185 Å². The highest BCUT2D eigenvalue weighted by Gasteiger charge is 2.28. The van der Waals surface area contributed by atoms with Crippen molar-refractivity contribution in [3.8, 4) is 11.5 Å². The van der Waals surface area contributed by atoms with Gasteiger partial charge in [0.2, 0.25) is 6.79 Å². The molecule has 2 aliphatic heterocycles. The van der Waals surface area contributed by atoms with Gasteiger partial charge in [0, 0.05) is 38.4 Å². The molecule has 4 rings (SSSR count). The number of esters is 1. The molecule has 0 saturated carbocycles. The Morgan fingerprint density at radius 2 is 1.78 bits per heavy atom. The molecular formula is C23H26FN3O5. The first-order valence-corrected chi connectivity index (χ1v) is 10.6. The molecule has 0 aliphatic carbocycles. The van der Waals surface area contributed by atoms with Crippen LogP contribution < -0.4 is 19.7 Å². The SMILES string of the molecule is CCOC(=O)C(=O)NCC(c1ccc2c(c1)OCO2)N1CCN(c2ccc(F)cc2)CC1. The van der Waals surface area contributed by atoms with Gasteiger partial charge in [-0.3, -0.25) is 9.69 Å². The number of carbonyl (C=O) groups is 2. The molecule has 9 heteroatoms. The van der Waals surface area contributed by atoms with Crippen LogP contribution >= 0.6 is 0 Å². The third-order valence-electron chi connectivity index (χ3n) is 5.65. The number of benzene rings is 2. The Morgan fingerprint density at radius 3 is 2.50 bits per heavy atom. The quantitative estimate of drug-likeness (QED) is 0.541. The first kappa shape index (κ1) is 21.9. The Balaban J connectivity index is 1.47. The van der Waals surface area contributed by atoms with Gasteiger partial charge in [0.15, 0.2) is 11.5 Å². The third-order valence-corrected chi connectivity index (χ3v) is 5.65. The molecule has 0 aromatic heterocycles. The Hall–Kier alpha value is -3.33. The molecule has 0 radical (unpaired) electrons. The van der Waals surface area contributed by atoms with E-state index >= 15 is 0 Å². The second kappa shape index (κ2) is 9.86. The molecule has 1 N–H and O–H groups in total. The Morgan fingerprint density at radius 1 is 1.06 bits per heavy atom. The fourth-order valence-electron chi connectivity index (χ4n) is 3.98. The zero-order valence-corrected chi connectivity index (χ0v) is 17.9. The number of nitrogens with one attached hydrogen (secondary N) is 1. The van der Waals surface area contributed by atoms with Gasteiger partial charge >= 0.3 is 11.9 Å². The van der Waals surface area contributed by atoms with Crippen molar-refractivity contribution >= 4 is 17.6 Å². The van der Waals surface area contributed by atoms with Gasteiger partial charge in [-0.2, -0.15) is 0 Å². The molecule has 1 atom stereocenters. The second-order valence-corrected chi connectivity index (χ2v) is 7.56. The van der Waals surface area contributed by atoms with Crippen LogP contribution in [0.5, 0.6) is 11.5 Å². The normalized spacial score (nSPS) is 16.5. The summed E-state index contributed by atoms with van der Waals surface area (Å²) in [5.74, 6) is -0.563. The van der Waals surface area contributed by atoms with E-state index < -0.39 is 11.9 Å². The second-order valence-electron chi connectivity index (χ2n) is 7.56. The number of rotatable bonds is 6. The van der Waals surface area contributed by atoms with Gasteiger partial charge in [0.1, 0.15) is 5.82 Å². The lowest BCUT2D eigenvalue weighted by atomic mass is 10.0. The maximum absolute atomic E-state index is 13.2. The van der Waals surface area contributed by atoms with E-state index in [9.17, 15) is 14.0 Å². The molecule has 32 heavy (non-hydrogen) atoms. The minimum atomic E-state index is -0.891. The summed E-state index contributed by atoms with van der Waals surface area (Å²) in [5.41, 5.74) is 1.93. The topological polar surface area (TPSA) is 80.3 Å². The summed E-state index contributed by atoms with van der Waals surface area (Å²) in [4.78, 5) is 28.3. The lowest BCUT2D eigenvalue weighted by Gasteiger charge is -2.40. The molecule has 1 amide bonds. The first-order chi connectivity index (χ1) is 15.5. The number of anilines is 1. The van der Waals surface area contributed by atoms with E-state index in [2.05, 4.69) is 15.1 Å². The molecule has 2 aliphatic rings. The minimum absolute atomic E-state index is 0.142. The predicted molar refractivity (Wildman–Crippen MR) is 115 cm³/mol. The van der Waals surface area contributed by atoms with Gasteiger partial charge < -0.3 is 24.4 Å². The van der Waals surface area contributed by atoms with Crippen LogP contribution in [0.25, 0.3) is 0 Å². The maximum Gasteiger partial charge on any atom is 0.396 e. The van der Waals surface area contributed by atoms with Gasteiger partial charge in [0.25, 0.3) is 0 Å². The van der Waals surface area contributed by atoms with Crippen molar-refractivity contribution in [2.24, 2.45) is 0 Å². The molecule has 2 aromatic carbocycles. The monoisotopic (exact) mass is 443 g/mol. The van der Waals surface area contributed by atoms with Crippen LogP contribution in [0, 0.1) is 5.82 Å². The van der Waals surface area contributed by atoms with Crippen molar-refractivity contribution < 1.29 is 28.2 Å². The van der Waals surface area contributed by atoms with Gasteiger partial charge in [-0.05, 0) is 48.9 Å². The summed E-state index contributed by atoms with van der Waals surface area (Å²) in [6.45, 7) is 5.17. The summed E-state index contributed by atoms with van der Waals surface area (Å²) in [7, 11) is 0. The van der Waals surface area contributed by atoms with Crippen LogP contribution in [-0.4, -0.2) is 62.9 Å². The molecule has 170 valence electrons. The number of piperazine rings is 1. The van der Waals surface area contributed by atoms with E-state index in [1.165, 1.54) is 12.1 Å². The number of halogens is 1. The summed E-state index contributed by atoms with van der Waals surface area (Å²) < 4.78 is 29.0. The van der Waals surface area contributed by atoms with Crippen molar-refractivity contribution in [3.63, 3.8) is 0 Å². The van der Waals surface area contributed by atoms with E-state index in [4.69, 9.17) is 14.2 Å². The molecule has 1 fully saturated rings. The highest BCUT2D eigenvalue weighted by atomic mass is 19.1. The number of carbonyl (C=O) groups excluding carboxylic acids is 2. The Kier molecular flexibility index (Phi) is 6.75. The van der Waals surface area contributed by atoms with Crippen LogP contribution in [0.4, 0.5) is 10.1 Å². The van der Waals surface area contributed by atoms with Crippen molar-refractivity contribution in [2.45, 2.75) is 13.0 Å². The van der Waals surface area contributed by atoms with Crippen LogP contribution in [-0.2, 0) is 14.3 Å². The number of hydrogen-bond acceptors (Lipinski definition) is 7. The highest BCUT2D eigenvalue weighted by molar-refractivity contribution is 6.32. The summed E-state index contributed by atoms with van der Waals surface area (Å²) >= 11 is 0. The molecule has 1 unspecified atom stereocenters. The van der Waals surface area contributed by atoms with Crippen molar-refractivity contribution in [1.82, 2.24) is 10.2 Å². The van der Waals surface area contributed by atoms with Crippen LogP contribution in [0.3, 0.4) is 0 Å². The lowest BCUT2D eigenvalue weighted by Crippen LogP contribution is -2.50. The average Bonchev–Trinajstić information content (AvgIpc) is 3.28. The number of hydrogen-bond donors (Lipinski definition) is 1. The maximum atomic E-state index is 13.2. The zero-order valence-electron chi connectivity index (χ0n) is 17.9. The highest BCUT2D eigenvalue weighted by Crippen LogP contribution is 2.35. The van der Waals surface area contributed by atoms with E-state index in [0.717, 1.165) is 37.4 Å². The van der Waals surface area contributed by atoms with E-state index in [0.29, 0.717) is 11.5 Å². The largest absolute Gasteiger partial charge is 0.459 e. The smallest absolute Gasteiger partial charge is 0.396 e. The molecule has 2 heterocycles. The molecule has 1 saturated heterocycles. The van der Waals surface area contributed by atoms with Crippen molar-refractivity contribution in [2.75, 3.05) is 51.0 Å². The molecule has 8 nitrogen and oxygen atoms in total. The zero-order chi connectivity index (χ0) is 22.5. The van der Waals surface area contributed by atoms with E-state index in [-0.39, 0.29) is 31.8 Å².